The van der Waals surface area contributed by atoms with Crippen LogP contribution in [0.3, 0.4) is 0 Å². The average Bonchev–Trinajstić information content (AvgIpc) is 2.80. The second kappa shape index (κ2) is 4.06. The molecule has 2 atom stereocenters. The zero-order valence-corrected chi connectivity index (χ0v) is 10.4. The number of rotatable bonds is 4. The van der Waals surface area contributed by atoms with Crippen LogP contribution in [0.1, 0.15) is 31.7 Å². The third-order valence-corrected chi connectivity index (χ3v) is 3.92. The van der Waals surface area contributed by atoms with Crippen LogP contribution in [0.25, 0.3) is 0 Å². The van der Waals surface area contributed by atoms with Gasteiger partial charge in [-0.3, -0.25) is 4.79 Å². The fourth-order valence-corrected chi connectivity index (χ4v) is 2.79. The van der Waals surface area contributed by atoms with Crippen LogP contribution in [0.15, 0.2) is 24.3 Å². The maximum atomic E-state index is 10.8. The number of carboxylic acids is 1. The van der Waals surface area contributed by atoms with Crippen molar-refractivity contribution in [3.8, 4) is 5.75 Å². The third-order valence-electron chi connectivity index (χ3n) is 3.92. The SMILES string of the molecule is COc1ccc([C@H]2[C@@H](CC(=O)O)C2(C)C)cc1. The number of ether oxygens (including phenoxy) is 1. The lowest BCUT2D eigenvalue weighted by Gasteiger charge is -2.04. The van der Waals surface area contributed by atoms with Crippen LogP contribution < -0.4 is 4.74 Å². The summed E-state index contributed by atoms with van der Waals surface area (Å²) in [5.41, 5.74) is 1.30. The lowest BCUT2D eigenvalue weighted by Crippen LogP contribution is -1.99. The van der Waals surface area contributed by atoms with Crippen molar-refractivity contribution < 1.29 is 14.6 Å². The molecule has 92 valence electrons. The van der Waals surface area contributed by atoms with Crippen LogP contribution in [0.2, 0.25) is 0 Å². The Bertz CT molecular complexity index is 420. The molecule has 0 bridgehead atoms. The molecule has 1 aliphatic carbocycles. The number of hydrogen-bond acceptors (Lipinski definition) is 2. The molecule has 0 aromatic heterocycles. The van der Waals surface area contributed by atoms with Gasteiger partial charge in [0.2, 0.25) is 0 Å². The van der Waals surface area contributed by atoms with Gasteiger partial charge in [0.15, 0.2) is 0 Å². The van der Waals surface area contributed by atoms with Crippen molar-refractivity contribution in [1.82, 2.24) is 0 Å². The van der Waals surface area contributed by atoms with E-state index in [1.54, 1.807) is 7.11 Å². The first kappa shape index (κ1) is 12.0. The van der Waals surface area contributed by atoms with E-state index in [1.165, 1.54) is 5.56 Å². The van der Waals surface area contributed by atoms with Gasteiger partial charge in [0, 0.05) is 6.42 Å². The van der Waals surface area contributed by atoms with Crippen molar-refractivity contribution in [1.29, 1.82) is 0 Å². The quantitative estimate of drug-likeness (QED) is 0.871. The number of hydrogen-bond donors (Lipinski definition) is 1. The van der Waals surface area contributed by atoms with Gasteiger partial charge in [0.05, 0.1) is 7.11 Å². The molecule has 0 radical (unpaired) electrons. The minimum Gasteiger partial charge on any atom is -0.497 e. The maximum absolute atomic E-state index is 10.8. The normalized spacial score (nSPS) is 25.4. The Labute approximate surface area is 101 Å². The van der Waals surface area contributed by atoms with Crippen molar-refractivity contribution in [3.63, 3.8) is 0 Å². The summed E-state index contributed by atoms with van der Waals surface area (Å²) < 4.78 is 5.12. The topological polar surface area (TPSA) is 46.5 Å². The number of methoxy groups -OCH3 is 1. The van der Waals surface area contributed by atoms with Gasteiger partial charge < -0.3 is 9.84 Å². The van der Waals surface area contributed by atoms with Gasteiger partial charge in [-0.25, -0.2) is 0 Å². The Balaban J connectivity index is 2.15. The summed E-state index contributed by atoms with van der Waals surface area (Å²) in [6.45, 7) is 4.27. The molecular weight excluding hydrogens is 216 g/mol. The smallest absolute Gasteiger partial charge is 0.303 e. The van der Waals surface area contributed by atoms with Crippen LogP contribution in [-0.4, -0.2) is 18.2 Å². The van der Waals surface area contributed by atoms with Gasteiger partial charge in [-0.2, -0.15) is 0 Å². The van der Waals surface area contributed by atoms with Crippen molar-refractivity contribution in [2.45, 2.75) is 26.2 Å². The second-order valence-electron chi connectivity index (χ2n) is 5.28. The molecule has 0 heterocycles. The van der Waals surface area contributed by atoms with Gasteiger partial charge in [0.25, 0.3) is 0 Å². The summed E-state index contributed by atoms with van der Waals surface area (Å²) in [6.07, 6.45) is 0.254. The van der Waals surface area contributed by atoms with Crippen molar-refractivity contribution in [3.05, 3.63) is 29.8 Å². The molecule has 17 heavy (non-hydrogen) atoms. The van der Waals surface area contributed by atoms with E-state index in [1.807, 2.05) is 24.3 Å². The van der Waals surface area contributed by atoms with Crippen molar-refractivity contribution in [2.75, 3.05) is 7.11 Å². The van der Waals surface area contributed by atoms with Crippen molar-refractivity contribution in [2.24, 2.45) is 11.3 Å². The van der Waals surface area contributed by atoms with E-state index in [2.05, 4.69) is 13.8 Å². The van der Waals surface area contributed by atoms with Gasteiger partial charge in [-0.05, 0) is 34.9 Å². The number of carboxylic acid groups (broad SMARTS) is 1. The summed E-state index contributed by atoms with van der Waals surface area (Å²) in [7, 11) is 1.64. The lowest BCUT2D eigenvalue weighted by molar-refractivity contribution is -0.137. The van der Waals surface area contributed by atoms with Gasteiger partial charge in [0.1, 0.15) is 5.75 Å². The molecule has 1 aromatic carbocycles. The first-order valence-electron chi connectivity index (χ1n) is 5.82. The fourth-order valence-electron chi connectivity index (χ4n) is 2.79. The minimum absolute atomic E-state index is 0.0903. The number of aliphatic carboxylic acids is 1. The first-order chi connectivity index (χ1) is 7.96. The second-order valence-corrected chi connectivity index (χ2v) is 5.28. The average molecular weight is 234 g/mol. The van der Waals surface area contributed by atoms with Crippen LogP contribution in [-0.2, 0) is 4.79 Å². The van der Waals surface area contributed by atoms with Crippen LogP contribution in [0.4, 0.5) is 0 Å². The molecule has 1 fully saturated rings. The molecule has 1 aromatic rings. The molecule has 0 unspecified atom stereocenters. The summed E-state index contributed by atoms with van der Waals surface area (Å²) in [4.78, 5) is 10.8. The van der Waals surface area contributed by atoms with Gasteiger partial charge in [-0.15, -0.1) is 0 Å². The molecule has 3 heteroatoms. The summed E-state index contributed by atoms with van der Waals surface area (Å²) in [6, 6.07) is 7.93. The van der Waals surface area contributed by atoms with Gasteiger partial charge in [-0.1, -0.05) is 26.0 Å². The Kier molecular flexibility index (Phi) is 2.86. The zero-order chi connectivity index (χ0) is 12.6. The Morgan fingerprint density at radius 2 is 1.94 bits per heavy atom. The highest BCUT2D eigenvalue weighted by atomic mass is 16.5. The minimum atomic E-state index is -0.709. The largest absolute Gasteiger partial charge is 0.497 e. The number of benzene rings is 1. The Morgan fingerprint density at radius 3 is 2.41 bits per heavy atom. The van der Waals surface area contributed by atoms with E-state index in [4.69, 9.17) is 9.84 Å². The Hall–Kier alpha value is -1.51. The van der Waals surface area contributed by atoms with E-state index in [9.17, 15) is 4.79 Å². The molecule has 1 aliphatic rings. The fraction of sp³-hybridized carbons (Fsp3) is 0.500. The molecule has 0 aliphatic heterocycles. The Morgan fingerprint density at radius 1 is 1.35 bits per heavy atom. The molecule has 0 spiro atoms. The van der Waals surface area contributed by atoms with Crippen LogP contribution in [0.5, 0.6) is 5.75 Å². The molecule has 1 N–H and O–H groups in total. The van der Waals surface area contributed by atoms with E-state index in [0.717, 1.165) is 5.75 Å². The van der Waals surface area contributed by atoms with Crippen molar-refractivity contribution >= 4 is 5.97 Å². The molecule has 1 saturated carbocycles. The van der Waals surface area contributed by atoms with Crippen LogP contribution in [0, 0.1) is 11.3 Å². The highest BCUT2D eigenvalue weighted by Crippen LogP contribution is 2.65. The van der Waals surface area contributed by atoms with Crippen LogP contribution >= 0.6 is 0 Å². The predicted octanol–water partition coefficient (Wildman–Crippen LogP) is 2.91. The molecule has 0 saturated heterocycles. The number of carbonyl (C=O) groups is 1. The summed E-state index contributed by atoms with van der Waals surface area (Å²) >= 11 is 0. The highest BCUT2D eigenvalue weighted by molar-refractivity contribution is 5.68. The summed E-state index contributed by atoms with van der Waals surface area (Å²) in [5, 5.41) is 8.88. The van der Waals surface area contributed by atoms with E-state index in [-0.39, 0.29) is 17.8 Å². The maximum Gasteiger partial charge on any atom is 0.303 e. The molecule has 0 amide bonds. The van der Waals surface area contributed by atoms with E-state index >= 15 is 0 Å². The first-order valence-corrected chi connectivity index (χ1v) is 5.82. The molecular formula is C14H18O3. The monoisotopic (exact) mass is 234 g/mol. The molecule has 2 rings (SSSR count). The van der Waals surface area contributed by atoms with Gasteiger partial charge >= 0.3 is 5.97 Å². The third kappa shape index (κ3) is 2.14. The molecule has 3 nitrogen and oxygen atoms in total. The predicted molar refractivity (Wildman–Crippen MR) is 65.3 cm³/mol. The lowest BCUT2D eigenvalue weighted by atomic mass is 10.0. The zero-order valence-electron chi connectivity index (χ0n) is 10.4. The van der Waals surface area contributed by atoms with E-state index < -0.39 is 5.97 Å². The van der Waals surface area contributed by atoms with E-state index in [0.29, 0.717) is 5.92 Å². The standard InChI is InChI=1S/C14H18O3/c1-14(2)11(8-12(15)16)13(14)9-4-6-10(17-3)7-5-9/h4-7,11,13H,8H2,1-3H3,(H,15,16)/t11-,13+/m1/s1. The highest BCUT2D eigenvalue weighted by Gasteiger charge is 2.58. The summed E-state index contributed by atoms with van der Waals surface area (Å²) in [5.74, 6) is 0.721.